The summed E-state index contributed by atoms with van der Waals surface area (Å²) in [7, 11) is 0. The van der Waals surface area contributed by atoms with Crippen LogP contribution in [0.3, 0.4) is 0 Å². The number of hydrogen-bond acceptors (Lipinski definition) is 3. The molecule has 0 atom stereocenters. The van der Waals surface area contributed by atoms with Crippen LogP contribution in [0, 0.1) is 6.92 Å². The highest BCUT2D eigenvalue weighted by Gasteiger charge is 2.09. The lowest BCUT2D eigenvalue weighted by Gasteiger charge is -2.00. The number of amides is 1. The molecule has 2 heterocycles. The van der Waals surface area contributed by atoms with Crippen LogP contribution >= 0.6 is 11.3 Å². The zero-order valence-corrected chi connectivity index (χ0v) is 9.60. The SMILES string of the molecule is CCNC(=O)Cc1csc2nc(C)cn12. The van der Waals surface area contributed by atoms with Gasteiger partial charge in [0.2, 0.25) is 5.91 Å². The maximum Gasteiger partial charge on any atom is 0.225 e. The molecule has 0 saturated heterocycles. The van der Waals surface area contributed by atoms with Crippen LogP contribution in [0.15, 0.2) is 11.6 Å². The molecule has 0 unspecified atom stereocenters. The summed E-state index contributed by atoms with van der Waals surface area (Å²) in [5.41, 5.74) is 1.99. The second-order valence-corrected chi connectivity index (χ2v) is 4.23. The van der Waals surface area contributed by atoms with Gasteiger partial charge in [0, 0.05) is 23.8 Å². The second-order valence-electron chi connectivity index (χ2n) is 3.39. The first-order valence-corrected chi connectivity index (χ1v) is 5.77. The van der Waals surface area contributed by atoms with Crippen molar-refractivity contribution in [3.05, 3.63) is 23.0 Å². The molecular formula is C10H13N3OS. The highest BCUT2D eigenvalue weighted by molar-refractivity contribution is 7.15. The number of fused-ring (bicyclic) bond motifs is 1. The van der Waals surface area contributed by atoms with Gasteiger partial charge in [-0.2, -0.15) is 0 Å². The number of hydrogen-bond donors (Lipinski definition) is 1. The third-order valence-corrected chi connectivity index (χ3v) is 3.01. The molecular weight excluding hydrogens is 210 g/mol. The van der Waals surface area contributed by atoms with Crippen molar-refractivity contribution in [2.75, 3.05) is 6.54 Å². The third kappa shape index (κ3) is 2.02. The lowest BCUT2D eigenvalue weighted by molar-refractivity contribution is -0.120. The van der Waals surface area contributed by atoms with E-state index in [2.05, 4.69) is 10.3 Å². The van der Waals surface area contributed by atoms with E-state index in [1.54, 1.807) is 11.3 Å². The summed E-state index contributed by atoms with van der Waals surface area (Å²) in [5, 5.41) is 4.77. The number of carbonyl (C=O) groups excluding carboxylic acids is 1. The largest absolute Gasteiger partial charge is 0.356 e. The molecule has 1 N–H and O–H groups in total. The number of rotatable bonds is 3. The lowest BCUT2D eigenvalue weighted by Crippen LogP contribution is -2.24. The van der Waals surface area contributed by atoms with Gasteiger partial charge in [-0.1, -0.05) is 0 Å². The average Bonchev–Trinajstić information content (AvgIpc) is 2.67. The van der Waals surface area contributed by atoms with E-state index in [1.807, 2.05) is 29.8 Å². The topological polar surface area (TPSA) is 46.4 Å². The Bertz CT molecular complexity index is 486. The highest BCUT2D eigenvalue weighted by atomic mass is 32.1. The Balaban J connectivity index is 2.24. The monoisotopic (exact) mass is 223 g/mol. The van der Waals surface area contributed by atoms with Crippen molar-refractivity contribution >= 4 is 22.2 Å². The second kappa shape index (κ2) is 4.02. The molecule has 2 aromatic heterocycles. The molecule has 0 spiro atoms. The fourth-order valence-electron chi connectivity index (χ4n) is 1.49. The highest BCUT2D eigenvalue weighted by Crippen LogP contribution is 2.16. The van der Waals surface area contributed by atoms with Crippen molar-refractivity contribution in [1.29, 1.82) is 0 Å². The molecule has 0 aliphatic carbocycles. The van der Waals surface area contributed by atoms with Gasteiger partial charge in [0.15, 0.2) is 4.96 Å². The summed E-state index contributed by atoms with van der Waals surface area (Å²) in [4.78, 5) is 16.7. The minimum Gasteiger partial charge on any atom is -0.356 e. The van der Waals surface area contributed by atoms with Crippen LogP contribution in [0.4, 0.5) is 0 Å². The van der Waals surface area contributed by atoms with E-state index >= 15 is 0 Å². The van der Waals surface area contributed by atoms with Crippen LogP contribution in [0.5, 0.6) is 0 Å². The normalized spacial score (nSPS) is 10.8. The van der Waals surface area contributed by atoms with E-state index in [1.165, 1.54) is 0 Å². The van der Waals surface area contributed by atoms with Crippen molar-refractivity contribution in [1.82, 2.24) is 14.7 Å². The third-order valence-electron chi connectivity index (χ3n) is 2.12. The van der Waals surface area contributed by atoms with Gasteiger partial charge in [0.1, 0.15) is 0 Å². The van der Waals surface area contributed by atoms with Crippen LogP contribution in [-0.4, -0.2) is 21.8 Å². The smallest absolute Gasteiger partial charge is 0.225 e. The summed E-state index contributed by atoms with van der Waals surface area (Å²) < 4.78 is 1.98. The predicted octanol–water partition coefficient (Wildman–Crippen LogP) is 1.38. The molecule has 0 aliphatic rings. The van der Waals surface area contributed by atoms with Crippen molar-refractivity contribution in [3.8, 4) is 0 Å². The molecule has 0 aromatic carbocycles. The zero-order valence-electron chi connectivity index (χ0n) is 8.78. The number of carbonyl (C=O) groups is 1. The minimum atomic E-state index is 0.0588. The lowest BCUT2D eigenvalue weighted by atomic mass is 10.3. The van der Waals surface area contributed by atoms with E-state index in [0.29, 0.717) is 13.0 Å². The Morgan fingerprint density at radius 1 is 1.67 bits per heavy atom. The Hall–Kier alpha value is -1.36. The summed E-state index contributed by atoms with van der Waals surface area (Å²) >= 11 is 1.57. The number of aromatic nitrogens is 2. The van der Waals surface area contributed by atoms with E-state index in [-0.39, 0.29) is 5.91 Å². The van der Waals surface area contributed by atoms with E-state index in [9.17, 15) is 4.79 Å². The van der Waals surface area contributed by atoms with E-state index < -0.39 is 0 Å². The quantitative estimate of drug-likeness (QED) is 0.854. The van der Waals surface area contributed by atoms with Crippen LogP contribution < -0.4 is 5.32 Å². The molecule has 0 aliphatic heterocycles. The Morgan fingerprint density at radius 2 is 2.47 bits per heavy atom. The fourth-order valence-corrected chi connectivity index (χ4v) is 2.41. The van der Waals surface area contributed by atoms with Gasteiger partial charge in [-0.3, -0.25) is 9.20 Å². The van der Waals surface area contributed by atoms with Crippen LogP contribution in [-0.2, 0) is 11.2 Å². The molecule has 4 nitrogen and oxygen atoms in total. The molecule has 1 amide bonds. The van der Waals surface area contributed by atoms with Gasteiger partial charge < -0.3 is 5.32 Å². The Morgan fingerprint density at radius 3 is 3.20 bits per heavy atom. The van der Waals surface area contributed by atoms with Gasteiger partial charge in [0.05, 0.1) is 12.1 Å². The minimum absolute atomic E-state index is 0.0588. The van der Waals surface area contributed by atoms with Crippen molar-refractivity contribution < 1.29 is 4.79 Å². The molecule has 0 bridgehead atoms. The Labute approximate surface area is 91.9 Å². The number of imidazole rings is 1. The summed E-state index contributed by atoms with van der Waals surface area (Å²) in [5.74, 6) is 0.0588. The predicted molar refractivity (Wildman–Crippen MR) is 60.2 cm³/mol. The van der Waals surface area contributed by atoms with Gasteiger partial charge in [-0.05, 0) is 13.8 Å². The van der Waals surface area contributed by atoms with Crippen molar-refractivity contribution in [3.63, 3.8) is 0 Å². The van der Waals surface area contributed by atoms with Gasteiger partial charge >= 0.3 is 0 Å². The maximum atomic E-state index is 11.4. The fraction of sp³-hybridized carbons (Fsp3) is 0.400. The van der Waals surface area contributed by atoms with E-state index in [4.69, 9.17) is 0 Å². The number of nitrogens with one attached hydrogen (secondary N) is 1. The first kappa shape index (κ1) is 10.2. The first-order valence-electron chi connectivity index (χ1n) is 4.89. The van der Waals surface area contributed by atoms with Crippen LogP contribution in [0.2, 0.25) is 0 Å². The van der Waals surface area contributed by atoms with E-state index in [0.717, 1.165) is 16.3 Å². The number of nitrogens with zero attached hydrogens (tertiary/aromatic N) is 2. The summed E-state index contributed by atoms with van der Waals surface area (Å²) in [6.45, 7) is 4.55. The molecule has 2 aromatic rings. The molecule has 5 heteroatoms. The van der Waals surface area contributed by atoms with Crippen LogP contribution in [0.1, 0.15) is 18.3 Å². The molecule has 80 valence electrons. The Kier molecular flexibility index (Phi) is 2.73. The number of aryl methyl sites for hydroxylation is 1. The molecule has 0 saturated carbocycles. The average molecular weight is 223 g/mol. The number of likely N-dealkylation sites (N-methyl/N-ethyl adjacent to an activating group) is 1. The maximum absolute atomic E-state index is 11.4. The first-order chi connectivity index (χ1) is 7.20. The van der Waals surface area contributed by atoms with Gasteiger partial charge in [-0.25, -0.2) is 4.98 Å². The van der Waals surface area contributed by atoms with Gasteiger partial charge in [-0.15, -0.1) is 11.3 Å². The zero-order chi connectivity index (χ0) is 10.8. The van der Waals surface area contributed by atoms with Crippen LogP contribution in [0.25, 0.3) is 4.96 Å². The molecule has 2 rings (SSSR count). The summed E-state index contributed by atoms with van der Waals surface area (Å²) in [6.07, 6.45) is 2.38. The molecule has 0 fully saturated rings. The standard InChI is InChI=1S/C10H13N3OS/c1-3-11-9(14)4-8-6-15-10-12-7(2)5-13(8)10/h5-6H,3-4H2,1-2H3,(H,11,14). The number of thiazole rings is 1. The molecule has 0 radical (unpaired) electrons. The molecule has 15 heavy (non-hydrogen) atoms. The summed E-state index contributed by atoms with van der Waals surface area (Å²) in [6, 6.07) is 0. The van der Waals surface area contributed by atoms with Gasteiger partial charge in [0.25, 0.3) is 0 Å². The van der Waals surface area contributed by atoms with Crippen molar-refractivity contribution in [2.45, 2.75) is 20.3 Å². The van der Waals surface area contributed by atoms with Crippen molar-refractivity contribution in [2.24, 2.45) is 0 Å².